The normalized spacial score (nSPS) is 21.2. The summed E-state index contributed by atoms with van der Waals surface area (Å²) in [7, 11) is 0. The van der Waals surface area contributed by atoms with Crippen LogP contribution in [-0.2, 0) is 12.0 Å². The number of nitrogens with zero attached hydrogens (tertiary/aromatic N) is 1. The van der Waals surface area contributed by atoms with E-state index in [1.807, 2.05) is 42.5 Å². The molecule has 2 heteroatoms. The fourth-order valence-electron chi connectivity index (χ4n) is 3.43. The van der Waals surface area contributed by atoms with Gasteiger partial charge in [-0.05, 0) is 48.1 Å². The van der Waals surface area contributed by atoms with E-state index in [0.717, 1.165) is 41.3 Å². The highest BCUT2D eigenvalue weighted by Crippen LogP contribution is 2.40. The monoisotopic (exact) mass is 275 g/mol. The number of hydrogen-bond acceptors (Lipinski definition) is 2. The first-order valence-corrected chi connectivity index (χ1v) is 7.43. The van der Waals surface area contributed by atoms with Gasteiger partial charge in [0.25, 0.3) is 0 Å². The zero-order chi connectivity index (χ0) is 14.3. The Hall–Kier alpha value is -2.19. The van der Waals surface area contributed by atoms with Gasteiger partial charge in [0, 0.05) is 11.6 Å². The SMILES string of the molecule is OC1(c2ccc3cccnc3c2)CCCc2ccccc21. The maximum Gasteiger partial charge on any atom is 0.115 e. The molecule has 0 saturated heterocycles. The molecule has 2 nitrogen and oxygen atoms in total. The quantitative estimate of drug-likeness (QED) is 0.732. The molecule has 1 heterocycles. The topological polar surface area (TPSA) is 33.1 Å². The van der Waals surface area contributed by atoms with Crippen molar-refractivity contribution in [2.45, 2.75) is 24.9 Å². The first kappa shape index (κ1) is 12.5. The number of aliphatic hydroxyl groups is 1. The van der Waals surface area contributed by atoms with Gasteiger partial charge in [-0.15, -0.1) is 0 Å². The molecule has 0 saturated carbocycles. The van der Waals surface area contributed by atoms with Crippen molar-refractivity contribution in [2.75, 3.05) is 0 Å². The van der Waals surface area contributed by atoms with Gasteiger partial charge in [0.15, 0.2) is 0 Å². The predicted molar refractivity (Wildman–Crippen MR) is 84.1 cm³/mol. The van der Waals surface area contributed by atoms with Crippen LogP contribution in [-0.4, -0.2) is 10.1 Å². The largest absolute Gasteiger partial charge is 0.380 e. The average Bonchev–Trinajstić information content (AvgIpc) is 2.55. The Balaban J connectivity index is 1.91. The summed E-state index contributed by atoms with van der Waals surface area (Å²) in [6, 6.07) is 18.3. The van der Waals surface area contributed by atoms with Crippen molar-refractivity contribution in [1.29, 1.82) is 0 Å². The fourth-order valence-corrected chi connectivity index (χ4v) is 3.43. The van der Waals surface area contributed by atoms with E-state index in [9.17, 15) is 5.11 Å². The molecule has 1 N–H and O–H groups in total. The molecule has 0 fully saturated rings. The Morgan fingerprint density at radius 1 is 1.00 bits per heavy atom. The third-order valence-corrected chi connectivity index (χ3v) is 4.53. The summed E-state index contributed by atoms with van der Waals surface area (Å²) in [4.78, 5) is 4.41. The molecule has 104 valence electrons. The highest BCUT2D eigenvalue weighted by Gasteiger charge is 2.35. The van der Waals surface area contributed by atoms with Gasteiger partial charge in [-0.2, -0.15) is 0 Å². The van der Waals surface area contributed by atoms with Crippen molar-refractivity contribution in [3.63, 3.8) is 0 Å². The minimum atomic E-state index is -0.888. The first-order chi connectivity index (χ1) is 10.3. The molecule has 0 aliphatic heterocycles. The third kappa shape index (κ3) is 1.95. The van der Waals surface area contributed by atoms with Crippen LogP contribution >= 0.6 is 0 Å². The van der Waals surface area contributed by atoms with Crippen LogP contribution in [0, 0.1) is 0 Å². The van der Waals surface area contributed by atoms with E-state index in [4.69, 9.17) is 0 Å². The van der Waals surface area contributed by atoms with E-state index in [1.54, 1.807) is 6.20 Å². The third-order valence-electron chi connectivity index (χ3n) is 4.53. The van der Waals surface area contributed by atoms with Gasteiger partial charge < -0.3 is 5.11 Å². The highest BCUT2D eigenvalue weighted by molar-refractivity contribution is 5.79. The van der Waals surface area contributed by atoms with Gasteiger partial charge in [-0.1, -0.05) is 42.5 Å². The van der Waals surface area contributed by atoms with Crippen molar-refractivity contribution in [2.24, 2.45) is 0 Å². The highest BCUT2D eigenvalue weighted by atomic mass is 16.3. The molecule has 0 spiro atoms. The summed E-state index contributed by atoms with van der Waals surface area (Å²) in [6.45, 7) is 0. The standard InChI is InChI=1S/C19H17NO/c21-19(11-3-6-14-5-1-2-8-17(14)19)16-10-9-15-7-4-12-20-18(15)13-16/h1-2,4-5,7-10,12-13,21H,3,6,11H2. The second kappa shape index (κ2) is 4.68. The molecule has 3 aromatic rings. The number of hydrogen-bond donors (Lipinski definition) is 1. The van der Waals surface area contributed by atoms with Crippen molar-refractivity contribution >= 4 is 10.9 Å². The van der Waals surface area contributed by atoms with Gasteiger partial charge >= 0.3 is 0 Å². The molecule has 21 heavy (non-hydrogen) atoms. The second-order valence-electron chi connectivity index (χ2n) is 5.78. The van der Waals surface area contributed by atoms with Crippen LogP contribution in [0.2, 0.25) is 0 Å². The van der Waals surface area contributed by atoms with Crippen LogP contribution in [0.25, 0.3) is 10.9 Å². The summed E-state index contributed by atoms with van der Waals surface area (Å²) in [5.41, 5.74) is 3.30. The number of pyridine rings is 1. The molecular weight excluding hydrogens is 258 g/mol. The van der Waals surface area contributed by atoms with E-state index in [2.05, 4.69) is 17.1 Å². The van der Waals surface area contributed by atoms with Gasteiger partial charge in [0.1, 0.15) is 5.60 Å². The van der Waals surface area contributed by atoms with Crippen LogP contribution in [0.3, 0.4) is 0 Å². The average molecular weight is 275 g/mol. The summed E-state index contributed by atoms with van der Waals surface area (Å²) in [5.74, 6) is 0. The zero-order valence-electron chi connectivity index (χ0n) is 11.8. The molecule has 4 rings (SSSR count). The summed E-state index contributed by atoms with van der Waals surface area (Å²) < 4.78 is 0. The number of aromatic nitrogens is 1. The maximum atomic E-state index is 11.3. The minimum Gasteiger partial charge on any atom is -0.380 e. The summed E-state index contributed by atoms with van der Waals surface area (Å²) in [6.07, 6.45) is 4.62. The van der Waals surface area contributed by atoms with Gasteiger partial charge in [-0.3, -0.25) is 4.98 Å². The summed E-state index contributed by atoms with van der Waals surface area (Å²) in [5, 5.41) is 12.4. The summed E-state index contributed by atoms with van der Waals surface area (Å²) >= 11 is 0. The van der Waals surface area contributed by atoms with E-state index in [-0.39, 0.29) is 0 Å². The molecule has 1 aromatic heterocycles. The van der Waals surface area contributed by atoms with E-state index < -0.39 is 5.60 Å². The minimum absolute atomic E-state index is 0.766. The Bertz CT molecular complexity index is 811. The zero-order valence-corrected chi connectivity index (χ0v) is 11.8. The smallest absolute Gasteiger partial charge is 0.115 e. The molecular formula is C19H17NO. The molecule has 1 unspecified atom stereocenters. The van der Waals surface area contributed by atoms with Crippen LogP contribution in [0.4, 0.5) is 0 Å². The molecule has 2 aromatic carbocycles. The second-order valence-corrected chi connectivity index (χ2v) is 5.78. The lowest BCUT2D eigenvalue weighted by molar-refractivity contribution is 0.0617. The van der Waals surface area contributed by atoms with E-state index in [0.29, 0.717) is 0 Å². The Morgan fingerprint density at radius 2 is 1.90 bits per heavy atom. The van der Waals surface area contributed by atoms with Crippen molar-refractivity contribution in [1.82, 2.24) is 4.98 Å². The van der Waals surface area contributed by atoms with Crippen LogP contribution < -0.4 is 0 Å². The van der Waals surface area contributed by atoms with Gasteiger partial charge in [-0.25, -0.2) is 0 Å². The molecule has 1 atom stereocenters. The number of fused-ring (bicyclic) bond motifs is 2. The number of benzene rings is 2. The fraction of sp³-hybridized carbons (Fsp3) is 0.211. The molecule has 0 bridgehead atoms. The van der Waals surface area contributed by atoms with E-state index >= 15 is 0 Å². The van der Waals surface area contributed by atoms with Crippen molar-refractivity contribution < 1.29 is 5.11 Å². The van der Waals surface area contributed by atoms with Crippen LogP contribution in [0.1, 0.15) is 29.5 Å². The Morgan fingerprint density at radius 3 is 2.86 bits per heavy atom. The predicted octanol–water partition coefficient (Wildman–Crippen LogP) is 3.81. The van der Waals surface area contributed by atoms with Gasteiger partial charge in [0.2, 0.25) is 0 Å². The van der Waals surface area contributed by atoms with Crippen LogP contribution in [0.5, 0.6) is 0 Å². The van der Waals surface area contributed by atoms with E-state index in [1.165, 1.54) is 5.56 Å². The molecule has 0 amide bonds. The Labute approximate surface area is 124 Å². The molecule has 1 aliphatic rings. The number of aryl methyl sites for hydroxylation is 1. The van der Waals surface area contributed by atoms with Gasteiger partial charge in [0.05, 0.1) is 5.52 Å². The maximum absolute atomic E-state index is 11.3. The van der Waals surface area contributed by atoms with Crippen LogP contribution in [0.15, 0.2) is 60.8 Å². The lowest BCUT2D eigenvalue weighted by Gasteiger charge is -2.35. The number of rotatable bonds is 1. The lowest BCUT2D eigenvalue weighted by atomic mass is 9.75. The van der Waals surface area contributed by atoms with Crippen molar-refractivity contribution in [3.05, 3.63) is 77.5 Å². The molecule has 1 aliphatic carbocycles. The lowest BCUT2D eigenvalue weighted by Crippen LogP contribution is -2.31. The first-order valence-electron chi connectivity index (χ1n) is 7.43. The Kier molecular flexibility index (Phi) is 2.79. The van der Waals surface area contributed by atoms with Crippen molar-refractivity contribution in [3.8, 4) is 0 Å². The molecule has 0 radical (unpaired) electrons.